The van der Waals surface area contributed by atoms with Crippen LogP contribution in [0.15, 0.2) is 47.6 Å². The molecule has 1 atom stereocenters. The van der Waals surface area contributed by atoms with Crippen molar-refractivity contribution in [1.82, 2.24) is 9.88 Å². The molecule has 148 valence electrons. The summed E-state index contributed by atoms with van der Waals surface area (Å²) in [7, 11) is 0. The molecule has 0 aliphatic carbocycles. The lowest BCUT2D eigenvalue weighted by atomic mass is 9.97. The van der Waals surface area contributed by atoms with Crippen LogP contribution in [0.1, 0.15) is 35.7 Å². The van der Waals surface area contributed by atoms with Gasteiger partial charge < -0.3 is 9.64 Å². The number of thioether (sulfide) groups is 1. The van der Waals surface area contributed by atoms with Gasteiger partial charge in [-0.25, -0.2) is 9.37 Å². The number of halogens is 1. The highest BCUT2D eigenvalue weighted by Gasteiger charge is 2.30. The summed E-state index contributed by atoms with van der Waals surface area (Å²) in [5.74, 6) is -0.322. The Kier molecular flexibility index (Phi) is 7.03. The Labute approximate surface area is 168 Å². The minimum atomic E-state index is -0.274. The van der Waals surface area contributed by atoms with E-state index in [-0.39, 0.29) is 23.6 Å². The van der Waals surface area contributed by atoms with Crippen molar-refractivity contribution < 1.29 is 18.7 Å². The maximum absolute atomic E-state index is 13.1. The van der Waals surface area contributed by atoms with Gasteiger partial charge in [-0.2, -0.15) is 0 Å². The van der Waals surface area contributed by atoms with Gasteiger partial charge in [0.25, 0.3) is 5.91 Å². The van der Waals surface area contributed by atoms with E-state index < -0.39 is 0 Å². The highest BCUT2D eigenvalue weighted by molar-refractivity contribution is 7.98. The second-order valence-corrected chi connectivity index (χ2v) is 7.58. The molecule has 0 N–H and O–H groups in total. The van der Waals surface area contributed by atoms with Gasteiger partial charge in [-0.1, -0.05) is 12.1 Å². The SMILES string of the molecule is CCOC(=O)C1CCCN(C(=O)c2cccnc2SCc2ccc(F)cc2)C1. The molecule has 2 aromatic rings. The fraction of sp³-hybridized carbons (Fsp3) is 0.381. The van der Waals surface area contributed by atoms with E-state index in [1.54, 1.807) is 42.3 Å². The van der Waals surface area contributed by atoms with E-state index in [4.69, 9.17) is 4.74 Å². The first-order chi connectivity index (χ1) is 13.6. The van der Waals surface area contributed by atoms with Crippen LogP contribution in [0, 0.1) is 11.7 Å². The van der Waals surface area contributed by atoms with Crippen molar-refractivity contribution in [2.24, 2.45) is 5.92 Å². The summed E-state index contributed by atoms with van der Waals surface area (Å²) in [6.45, 7) is 3.11. The molecule has 1 unspecified atom stereocenters. The van der Waals surface area contributed by atoms with E-state index in [1.165, 1.54) is 23.9 Å². The molecule has 2 heterocycles. The van der Waals surface area contributed by atoms with Crippen molar-refractivity contribution in [3.63, 3.8) is 0 Å². The van der Waals surface area contributed by atoms with Gasteiger partial charge in [-0.05, 0) is 49.6 Å². The number of likely N-dealkylation sites (tertiary alicyclic amines) is 1. The number of amides is 1. The van der Waals surface area contributed by atoms with Gasteiger partial charge >= 0.3 is 5.97 Å². The number of benzene rings is 1. The lowest BCUT2D eigenvalue weighted by molar-refractivity contribution is -0.149. The Morgan fingerprint density at radius 3 is 2.82 bits per heavy atom. The molecule has 0 bridgehead atoms. The smallest absolute Gasteiger partial charge is 0.310 e. The van der Waals surface area contributed by atoms with E-state index in [2.05, 4.69) is 4.98 Å². The third-order valence-corrected chi connectivity index (χ3v) is 5.70. The number of hydrogen-bond donors (Lipinski definition) is 0. The Hall–Kier alpha value is -2.41. The molecule has 1 fully saturated rings. The summed E-state index contributed by atoms with van der Waals surface area (Å²) < 4.78 is 18.2. The van der Waals surface area contributed by atoms with Crippen LogP contribution >= 0.6 is 11.8 Å². The Morgan fingerprint density at radius 1 is 1.29 bits per heavy atom. The molecule has 0 spiro atoms. The summed E-state index contributed by atoms with van der Waals surface area (Å²) >= 11 is 1.44. The number of hydrogen-bond acceptors (Lipinski definition) is 5. The second kappa shape index (κ2) is 9.68. The quantitative estimate of drug-likeness (QED) is 0.541. The fourth-order valence-electron chi connectivity index (χ4n) is 3.19. The first-order valence-electron chi connectivity index (χ1n) is 9.36. The number of ether oxygens (including phenoxy) is 1. The average molecular weight is 402 g/mol. The number of rotatable bonds is 6. The summed E-state index contributed by atoms with van der Waals surface area (Å²) in [6, 6.07) is 9.79. The standard InChI is InChI=1S/C21H23FN2O3S/c1-2-27-21(26)16-5-4-12-24(13-16)20(25)18-6-3-11-23-19(18)28-14-15-7-9-17(22)10-8-15/h3,6-11,16H,2,4-5,12-14H2,1H3. The van der Waals surface area contributed by atoms with Gasteiger partial charge in [0.05, 0.1) is 18.1 Å². The lowest BCUT2D eigenvalue weighted by Gasteiger charge is -2.31. The van der Waals surface area contributed by atoms with Crippen LogP contribution in [0.3, 0.4) is 0 Å². The third-order valence-electron chi connectivity index (χ3n) is 4.62. The zero-order chi connectivity index (χ0) is 19.9. The Balaban J connectivity index is 1.69. The van der Waals surface area contributed by atoms with E-state index in [0.717, 1.165) is 18.4 Å². The van der Waals surface area contributed by atoms with Crippen LogP contribution in [0.2, 0.25) is 0 Å². The molecule has 7 heteroatoms. The molecule has 1 amide bonds. The van der Waals surface area contributed by atoms with Crippen LogP contribution in [-0.2, 0) is 15.3 Å². The predicted molar refractivity (Wildman–Crippen MR) is 105 cm³/mol. The topological polar surface area (TPSA) is 59.5 Å². The summed E-state index contributed by atoms with van der Waals surface area (Å²) in [4.78, 5) is 31.2. The zero-order valence-electron chi connectivity index (χ0n) is 15.8. The number of carbonyl (C=O) groups excluding carboxylic acids is 2. The average Bonchev–Trinajstić information content (AvgIpc) is 2.73. The highest BCUT2D eigenvalue weighted by atomic mass is 32.2. The fourth-order valence-corrected chi connectivity index (χ4v) is 4.13. The van der Waals surface area contributed by atoms with Crippen molar-refractivity contribution in [2.75, 3.05) is 19.7 Å². The van der Waals surface area contributed by atoms with Gasteiger partial charge in [0.2, 0.25) is 0 Å². The normalized spacial score (nSPS) is 16.6. The molecule has 1 aromatic carbocycles. The van der Waals surface area contributed by atoms with Crippen LogP contribution in [0.25, 0.3) is 0 Å². The highest BCUT2D eigenvalue weighted by Crippen LogP contribution is 2.27. The molecule has 1 aliphatic heterocycles. The minimum absolute atomic E-state index is 0.122. The van der Waals surface area contributed by atoms with E-state index in [1.807, 2.05) is 0 Å². The van der Waals surface area contributed by atoms with Gasteiger partial charge in [0, 0.05) is 25.0 Å². The number of aromatic nitrogens is 1. The largest absolute Gasteiger partial charge is 0.466 e. The van der Waals surface area contributed by atoms with Crippen LogP contribution in [0.4, 0.5) is 4.39 Å². The van der Waals surface area contributed by atoms with Gasteiger partial charge in [0.15, 0.2) is 0 Å². The molecule has 0 radical (unpaired) electrons. The maximum atomic E-state index is 13.1. The van der Waals surface area contributed by atoms with Gasteiger partial charge in [-0.3, -0.25) is 9.59 Å². The molecule has 0 saturated carbocycles. The summed E-state index contributed by atoms with van der Waals surface area (Å²) in [6.07, 6.45) is 3.16. The number of nitrogens with zero attached hydrogens (tertiary/aromatic N) is 2. The van der Waals surface area contributed by atoms with E-state index in [0.29, 0.717) is 36.0 Å². The summed E-state index contributed by atoms with van der Waals surface area (Å²) in [5.41, 5.74) is 1.48. The van der Waals surface area contributed by atoms with Gasteiger partial charge in [0.1, 0.15) is 10.8 Å². The minimum Gasteiger partial charge on any atom is -0.466 e. The van der Waals surface area contributed by atoms with Crippen molar-refractivity contribution in [3.05, 3.63) is 59.5 Å². The monoisotopic (exact) mass is 402 g/mol. The van der Waals surface area contributed by atoms with Crippen molar-refractivity contribution >= 4 is 23.6 Å². The van der Waals surface area contributed by atoms with E-state index >= 15 is 0 Å². The molecular formula is C21H23FN2O3S. The van der Waals surface area contributed by atoms with Crippen LogP contribution < -0.4 is 0 Å². The Morgan fingerprint density at radius 2 is 2.07 bits per heavy atom. The molecule has 5 nitrogen and oxygen atoms in total. The Bertz CT molecular complexity index is 829. The lowest BCUT2D eigenvalue weighted by Crippen LogP contribution is -2.43. The third kappa shape index (κ3) is 5.10. The molecule has 1 aliphatic rings. The van der Waals surface area contributed by atoms with Crippen LogP contribution in [0.5, 0.6) is 0 Å². The van der Waals surface area contributed by atoms with Crippen molar-refractivity contribution in [3.8, 4) is 0 Å². The molecule has 3 rings (SSSR count). The van der Waals surface area contributed by atoms with Crippen molar-refractivity contribution in [2.45, 2.75) is 30.5 Å². The van der Waals surface area contributed by atoms with Crippen molar-refractivity contribution in [1.29, 1.82) is 0 Å². The van der Waals surface area contributed by atoms with Gasteiger partial charge in [-0.15, -0.1) is 11.8 Å². The second-order valence-electron chi connectivity index (χ2n) is 6.61. The molecule has 28 heavy (non-hydrogen) atoms. The maximum Gasteiger partial charge on any atom is 0.310 e. The summed E-state index contributed by atoms with van der Waals surface area (Å²) in [5, 5.41) is 0.634. The number of pyridine rings is 1. The number of carbonyl (C=O) groups is 2. The van der Waals surface area contributed by atoms with E-state index in [9.17, 15) is 14.0 Å². The molecular weight excluding hydrogens is 379 g/mol. The first-order valence-corrected chi connectivity index (χ1v) is 10.3. The molecule has 1 saturated heterocycles. The first kappa shape index (κ1) is 20.3. The zero-order valence-corrected chi connectivity index (χ0v) is 16.6. The molecule has 1 aromatic heterocycles. The number of esters is 1. The number of piperidine rings is 1. The predicted octanol–water partition coefficient (Wildman–Crippen LogP) is 3.93. The van der Waals surface area contributed by atoms with Crippen LogP contribution in [-0.4, -0.2) is 41.5 Å².